The minimum Gasteiger partial charge on any atom is -0.192 e. The molecule has 0 heterocycles. The van der Waals surface area contributed by atoms with Gasteiger partial charge in [-0.15, -0.1) is 0 Å². The summed E-state index contributed by atoms with van der Waals surface area (Å²) in [4.78, 5) is 3.18. The number of benzene rings is 2. The van der Waals surface area contributed by atoms with Crippen LogP contribution in [0.15, 0.2) is 48.5 Å². The number of rotatable bonds is 2. The Hall–Kier alpha value is -2.91. The van der Waals surface area contributed by atoms with Gasteiger partial charge in [-0.1, -0.05) is 42.5 Å². The molecule has 0 aliphatic heterocycles. The van der Waals surface area contributed by atoms with E-state index < -0.39 is 0 Å². The molecule has 0 amide bonds. The average molecular weight is 232 g/mol. The summed E-state index contributed by atoms with van der Waals surface area (Å²) in [7, 11) is 0. The van der Waals surface area contributed by atoms with Crippen LogP contribution in [0.25, 0.3) is 17.1 Å². The molecule has 0 saturated carbocycles. The lowest BCUT2D eigenvalue weighted by Gasteiger charge is -1.92. The maximum absolute atomic E-state index is 8.97. The summed E-state index contributed by atoms with van der Waals surface area (Å²) >= 11 is 0. The summed E-state index contributed by atoms with van der Waals surface area (Å²) in [5.41, 5.74) is 2.41. The van der Waals surface area contributed by atoms with Gasteiger partial charge < -0.3 is 0 Å². The number of nitrogens with zero attached hydrogens (tertiary/aromatic N) is 3. The largest absolute Gasteiger partial charge is 0.409 e. The molecule has 0 N–H and O–H groups in total. The highest BCUT2D eigenvalue weighted by molar-refractivity contribution is 5.79. The van der Waals surface area contributed by atoms with Crippen molar-refractivity contribution in [1.29, 1.82) is 10.7 Å². The van der Waals surface area contributed by atoms with E-state index in [2.05, 4.69) is 4.98 Å². The fourth-order valence-corrected chi connectivity index (χ4v) is 1.65. The lowest BCUT2D eigenvalue weighted by Crippen LogP contribution is -1.79. The smallest absolute Gasteiger partial charge is 0.192 e. The van der Waals surface area contributed by atoms with Crippen molar-refractivity contribution in [3.63, 3.8) is 0 Å². The van der Waals surface area contributed by atoms with Crippen molar-refractivity contribution in [2.45, 2.75) is 0 Å². The topological polar surface area (TPSA) is 51.9 Å². The van der Waals surface area contributed by atoms with Crippen LogP contribution in [0.5, 0.6) is 0 Å². The van der Waals surface area contributed by atoms with Crippen molar-refractivity contribution in [2.75, 3.05) is 0 Å². The summed E-state index contributed by atoms with van der Waals surface area (Å²) in [5.74, 6) is 0. The number of nitriles is 1. The molecule has 84 valence electrons. The lowest BCUT2D eigenvalue weighted by atomic mass is 10.1. The van der Waals surface area contributed by atoms with Crippen LogP contribution in [0, 0.1) is 16.7 Å². The summed E-state index contributed by atoms with van der Waals surface area (Å²) in [6.07, 6.45) is 3.73. The van der Waals surface area contributed by atoms with Crippen LogP contribution in [0.3, 0.4) is 0 Å². The highest BCUT2D eigenvalue weighted by atomic mass is 14.9. The first-order valence-electron chi connectivity index (χ1n) is 5.46. The molecule has 3 nitrogen and oxygen atoms in total. The fraction of sp³-hybridized carbons (Fsp3) is 0. The summed E-state index contributed by atoms with van der Waals surface area (Å²) in [6.45, 7) is 0. The van der Waals surface area contributed by atoms with Crippen molar-refractivity contribution >= 4 is 17.8 Å². The Morgan fingerprint density at radius 2 is 1.72 bits per heavy atom. The number of diazo groups is 1. The molecule has 0 fully saturated rings. The van der Waals surface area contributed by atoms with Gasteiger partial charge in [-0.05, 0) is 23.8 Å². The zero-order valence-corrected chi connectivity index (χ0v) is 9.62. The van der Waals surface area contributed by atoms with Gasteiger partial charge in [0.15, 0.2) is 4.98 Å². The van der Waals surface area contributed by atoms with E-state index >= 15 is 0 Å². The number of hydrogen-bond donors (Lipinski definition) is 0. The first-order valence-corrected chi connectivity index (χ1v) is 5.46. The van der Waals surface area contributed by atoms with Gasteiger partial charge in [0.25, 0.3) is 0 Å². The first-order chi connectivity index (χ1) is 8.85. The maximum Gasteiger partial charge on any atom is 0.409 e. The van der Waals surface area contributed by atoms with Crippen molar-refractivity contribution in [1.82, 2.24) is 0 Å². The standard InChI is InChI=1S/C15H10N3/c16-11-14-8-4-7-13(15(14)18-17)10-9-12-5-2-1-3-6-12/h1-10H/q+1. The molecule has 0 radical (unpaired) electrons. The molecule has 0 unspecified atom stereocenters. The molecule has 2 aromatic rings. The van der Waals surface area contributed by atoms with Gasteiger partial charge in [0.1, 0.15) is 11.6 Å². The SMILES string of the molecule is N#Cc1cccc(C=Cc2ccccc2)c1[N+]#N. The second-order valence-corrected chi connectivity index (χ2v) is 3.70. The monoisotopic (exact) mass is 232 g/mol. The molecule has 0 atom stereocenters. The molecule has 0 bridgehead atoms. The molecule has 0 aliphatic carbocycles. The average Bonchev–Trinajstić information content (AvgIpc) is 2.45. The first kappa shape index (κ1) is 11.6. The quantitative estimate of drug-likeness (QED) is 0.575. The third kappa shape index (κ3) is 2.42. The molecule has 0 spiro atoms. The van der Waals surface area contributed by atoms with E-state index in [-0.39, 0.29) is 0 Å². The fourth-order valence-electron chi connectivity index (χ4n) is 1.65. The zero-order chi connectivity index (χ0) is 12.8. The van der Waals surface area contributed by atoms with E-state index in [9.17, 15) is 0 Å². The van der Waals surface area contributed by atoms with Gasteiger partial charge in [-0.25, -0.2) is 0 Å². The van der Waals surface area contributed by atoms with Crippen LogP contribution >= 0.6 is 0 Å². The van der Waals surface area contributed by atoms with Gasteiger partial charge >= 0.3 is 5.69 Å². The van der Waals surface area contributed by atoms with E-state index in [0.717, 1.165) is 5.56 Å². The van der Waals surface area contributed by atoms with Gasteiger partial charge in [0.2, 0.25) is 5.39 Å². The van der Waals surface area contributed by atoms with Gasteiger partial charge in [0.05, 0.1) is 5.56 Å². The molecule has 0 aliphatic rings. The molecule has 2 rings (SSSR count). The van der Waals surface area contributed by atoms with Gasteiger partial charge in [-0.3, -0.25) is 0 Å². The van der Waals surface area contributed by atoms with Crippen molar-refractivity contribution in [3.05, 3.63) is 70.2 Å². The Labute approximate surface area is 105 Å². The highest BCUT2D eigenvalue weighted by Gasteiger charge is 2.17. The second-order valence-electron chi connectivity index (χ2n) is 3.70. The van der Waals surface area contributed by atoms with E-state index in [1.807, 2.05) is 48.6 Å². The van der Waals surface area contributed by atoms with E-state index in [0.29, 0.717) is 16.8 Å². The van der Waals surface area contributed by atoms with Crippen LogP contribution in [-0.2, 0) is 0 Å². The highest BCUT2D eigenvalue weighted by Crippen LogP contribution is 2.25. The van der Waals surface area contributed by atoms with Crippen molar-refractivity contribution in [2.24, 2.45) is 0 Å². The molecule has 18 heavy (non-hydrogen) atoms. The van der Waals surface area contributed by atoms with Gasteiger partial charge in [0, 0.05) is 0 Å². The minimum atomic E-state index is 0.298. The maximum atomic E-state index is 8.97. The van der Waals surface area contributed by atoms with E-state index in [1.165, 1.54) is 0 Å². The normalized spacial score (nSPS) is 9.89. The third-order valence-electron chi connectivity index (χ3n) is 2.54. The molecule has 3 heteroatoms. The summed E-state index contributed by atoms with van der Waals surface area (Å²) in [6, 6.07) is 17.0. The van der Waals surface area contributed by atoms with Crippen LogP contribution < -0.4 is 0 Å². The van der Waals surface area contributed by atoms with Gasteiger partial charge in [-0.2, -0.15) is 5.26 Å². The van der Waals surface area contributed by atoms with Crippen LogP contribution in [-0.4, -0.2) is 0 Å². The molecular formula is C15H10N3+. The van der Waals surface area contributed by atoms with Crippen LogP contribution in [0.2, 0.25) is 0 Å². The molecular weight excluding hydrogens is 222 g/mol. The summed E-state index contributed by atoms with van der Waals surface area (Å²) < 4.78 is 0. The Morgan fingerprint density at radius 3 is 2.39 bits per heavy atom. The Morgan fingerprint density at radius 1 is 0.944 bits per heavy atom. The Kier molecular flexibility index (Phi) is 3.49. The molecule has 0 aromatic heterocycles. The van der Waals surface area contributed by atoms with E-state index in [4.69, 9.17) is 10.7 Å². The minimum absolute atomic E-state index is 0.298. The van der Waals surface area contributed by atoms with Crippen molar-refractivity contribution in [3.8, 4) is 6.07 Å². The number of hydrogen-bond acceptors (Lipinski definition) is 2. The van der Waals surface area contributed by atoms with Crippen LogP contribution in [0.4, 0.5) is 5.69 Å². The molecule has 2 aromatic carbocycles. The molecule has 0 saturated heterocycles. The van der Waals surface area contributed by atoms with E-state index in [1.54, 1.807) is 18.2 Å². The predicted molar refractivity (Wildman–Crippen MR) is 71.3 cm³/mol. The third-order valence-corrected chi connectivity index (χ3v) is 2.54. The predicted octanol–water partition coefficient (Wildman–Crippen LogP) is 4.21. The van der Waals surface area contributed by atoms with Crippen LogP contribution in [0.1, 0.15) is 16.7 Å². The Balaban J connectivity index is 2.40. The zero-order valence-electron chi connectivity index (χ0n) is 9.62. The van der Waals surface area contributed by atoms with Crippen molar-refractivity contribution < 1.29 is 0 Å². The Bertz CT molecular complexity index is 658. The second kappa shape index (κ2) is 5.43. The summed E-state index contributed by atoms with van der Waals surface area (Å²) in [5, 5.41) is 17.9. The lowest BCUT2D eigenvalue weighted by molar-refractivity contribution is 1.43.